The van der Waals surface area contributed by atoms with Crippen LogP contribution in [0.5, 0.6) is 0 Å². The van der Waals surface area contributed by atoms with E-state index >= 15 is 0 Å². The zero-order valence-corrected chi connectivity index (χ0v) is 12.6. The number of rotatable bonds is 3. The predicted molar refractivity (Wildman–Crippen MR) is 83.9 cm³/mol. The monoisotopic (exact) mass is 320 g/mol. The van der Waals surface area contributed by atoms with Gasteiger partial charge >= 0.3 is 6.18 Å². The summed E-state index contributed by atoms with van der Waals surface area (Å²) < 4.78 is 38.4. The van der Waals surface area contributed by atoms with Crippen LogP contribution in [0.15, 0.2) is 54.6 Å². The fraction of sp³-hybridized carbons (Fsp3) is 0.333. The molecule has 0 saturated carbocycles. The van der Waals surface area contributed by atoms with Crippen molar-refractivity contribution in [3.05, 3.63) is 71.3 Å². The van der Waals surface area contributed by atoms with Gasteiger partial charge in [-0.25, -0.2) is 0 Å². The van der Waals surface area contributed by atoms with Crippen LogP contribution in [-0.4, -0.2) is 24.0 Å². The van der Waals surface area contributed by atoms with Crippen LogP contribution in [0.1, 0.15) is 22.6 Å². The molecule has 0 aliphatic carbocycles. The van der Waals surface area contributed by atoms with Gasteiger partial charge in [0.1, 0.15) is 0 Å². The Labute approximate surface area is 133 Å². The maximum atomic E-state index is 12.8. The van der Waals surface area contributed by atoms with Crippen molar-refractivity contribution in [2.24, 2.45) is 5.73 Å². The molecule has 0 aromatic heterocycles. The molecule has 0 radical (unpaired) electrons. The lowest BCUT2D eigenvalue weighted by Gasteiger charge is -2.17. The second-order valence-electron chi connectivity index (χ2n) is 6.07. The van der Waals surface area contributed by atoms with Crippen molar-refractivity contribution in [1.29, 1.82) is 0 Å². The highest BCUT2D eigenvalue weighted by Gasteiger charge is 2.32. The Morgan fingerprint density at radius 1 is 1.00 bits per heavy atom. The van der Waals surface area contributed by atoms with E-state index in [2.05, 4.69) is 17.0 Å². The van der Waals surface area contributed by atoms with Gasteiger partial charge in [-0.2, -0.15) is 13.2 Å². The van der Waals surface area contributed by atoms with Gasteiger partial charge in [-0.3, -0.25) is 4.90 Å². The molecule has 0 bridgehead atoms. The molecule has 2 aromatic rings. The van der Waals surface area contributed by atoms with Crippen molar-refractivity contribution in [3.8, 4) is 0 Å². The molecule has 3 rings (SSSR count). The van der Waals surface area contributed by atoms with E-state index in [1.807, 2.05) is 18.2 Å². The van der Waals surface area contributed by atoms with Gasteiger partial charge in [0.2, 0.25) is 0 Å². The molecule has 1 fully saturated rings. The standard InChI is InChI=1S/C18H19F3N2/c19-18(20,21)15-8-4-5-13(9-15)10-23-11-16(17(22)12-23)14-6-2-1-3-7-14/h1-9,16-17H,10-12,22H2/t16-,17+/m0/s1. The van der Waals surface area contributed by atoms with Gasteiger partial charge in [0.15, 0.2) is 0 Å². The number of halogens is 3. The molecular weight excluding hydrogens is 301 g/mol. The Bertz CT molecular complexity index is 655. The highest BCUT2D eigenvalue weighted by atomic mass is 19.4. The summed E-state index contributed by atoms with van der Waals surface area (Å²) in [6.07, 6.45) is -4.30. The number of likely N-dealkylation sites (tertiary alicyclic amines) is 1. The first-order valence-electron chi connectivity index (χ1n) is 7.62. The average Bonchev–Trinajstić information content (AvgIpc) is 2.88. The number of hydrogen-bond acceptors (Lipinski definition) is 2. The van der Waals surface area contributed by atoms with Crippen LogP contribution in [0.4, 0.5) is 13.2 Å². The van der Waals surface area contributed by atoms with Crippen molar-refractivity contribution in [2.75, 3.05) is 13.1 Å². The van der Waals surface area contributed by atoms with Crippen molar-refractivity contribution < 1.29 is 13.2 Å². The van der Waals surface area contributed by atoms with E-state index in [1.165, 1.54) is 17.7 Å². The Morgan fingerprint density at radius 3 is 2.43 bits per heavy atom. The van der Waals surface area contributed by atoms with Crippen LogP contribution in [0.2, 0.25) is 0 Å². The summed E-state index contributed by atoms with van der Waals surface area (Å²) in [6, 6.07) is 15.6. The number of alkyl halides is 3. The molecule has 2 atom stereocenters. The van der Waals surface area contributed by atoms with Crippen LogP contribution in [0.3, 0.4) is 0 Å². The second-order valence-corrected chi connectivity index (χ2v) is 6.07. The van der Waals surface area contributed by atoms with Crippen molar-refractivity contribution in [1.82, 2.24) is 4.90 Å². The van der Waals surface area contributed by atoms with E-state index in [1.54, 1.807) is 6.07 Å². The van der Waals surface area contributed by atoms with Crippen LogP contribution >= 0.6 is 0 Å². The van der Waals surface area contributed by atoms with Gasteiger partial charge in [0.25, 0.3) is 0 Å². The van der Waals surface area contributed by atoms with Crippen LogP contribution in [0.25, 0.3) is 0 Å². The largest absolute Gasteiger partial charge is 0.416 e. The zero-order chi connectivity index (χ0) is 16.4. The number of nitrogens with zero attached hydrogens (tertiary/aromatic N) is 1. The molecule has 2 N–H and O–H groups in total. The van der Waals surface area contributed by atoms with Gasteiger partial charge in [-0.15, -0.1) is 0 Å². The lowest BCUT2D eigenvalue weighted by atomic mass is 9.95. The van der Waals surface area contributed by atoms with Crippen molar-refractivity contribution in [3.63, 3.8) is 0 Å². The third-order valence-corrected chi connectivity index (χ3v) is 4.33. The maximum Gasteiger partial charge on any atom is 0.416 e. The minimum Gasteiger partial charge on any atom is -0.326 e. The number of nitrogens with two attached hydrogens (primary N) is 1. The first-order chi connectivity index (χ1) is 10.9. The molecule has 1 heterocycles. The summed E-state index contributed by atoms with van der Waals surface area (Å²) in [5.41, 5.74) is 7.49. The predicted octanol–water partition coefficient (Wildman–Crippen LogP) is 3.63. The number of benzene rings is 2. The molecular formula is C18H19F3N2. The molecule has 1 saturated heterocycles. The lowest BCUT2D eigenvalue weighted by molar-refractivity contribution is -0.137. The molecule has 1 aliphatic heterocycles. The summed E-state index contributed by atoms with van der Waals surface area (Å²) in [4.78, 5) is 2.12. The van der Waals surface area contributed by atoms with E-state index in [0.717, 1.165) is 12.6 Å². The minimum atomic E-state index is -4.30. The Balaban J connectivity index is 1.70. The third kappa shape index (κ3) is 3.74. The molecule has 0 unspecified atom stereocenters. The van der Waals surface area contributed by atoms with E-state index in [9.17, 15) is 13.2 Å². The molecule has 0 spiro atoms. The highest BCUT2D eigenvalue weighted by Crippen LogP contribution is 2.31. The smallest absolute Gasteiger partial charge is 0.326 e. The van der Waals surface area contributed by atoms with Gasteiger partial charge in [-0.05, 0) is 17.2 Å². The summed E-state index contributed by atoms with van der Waals surface area (Å²) in [5, 5.41) is 0. The average molecular weight is 320 g/mol. The lowest BCUT2D eigenvalue weighted by Crippen LogP contribution is -2.28. The fourth-order valence-corrected chi connectivity index (χ4v) is 3.20. The fourth-order valence-electron chi connectivity index (χ4n) is 3.20. The Hall–Kier alpha value is -1.85. The Kier molecular flexibility index (Phi) is 4.41. The maximum absolute atomic E-state index is 12.8. The van der Waals surface area contributed by atoms with E-state index in [-0.39, 0.29) is 12.0 Å². The van der Waals surface area contributed by atoms with Crippen molar-refractivity contribution in [2.45, 2.75) is 24.7 Å². The zero-order valence-electron chi connectivity index (χ0n) is 12.6. The first kappa shape index (κ1) is 16.0. The van der Waals surface area contributed by atoms with Gasteiger partial charge in [0, 0.05) is 31.6 Å². The minimum absolute atomic E-state index is 0.00296. The summed E-state index contributed by atoms with van der Waals surface area (Å²) >= 11 is 0. The van der Waals surface area contributed by atoms with E-state index < -0.39 is 11.7 Å². The van der Waals surface area contributed by atoms with E-state index in [4.69, 9.17) is 5.73 Å². The molecule has 2 nitrogen and oxygen atoms in total. The normalized spacial score (nSPS) is 22.4. The van der Waals surface area contributed by atoms with Gasteiger partial charge < -0.3 is 5.73 Å². The third-order valence-electron chi connectivity index (χ3n) is 4.33. The summed E-state index contributed by atoms with van der Waals surface area (Å²) in [5.74, 6) is 0.224. The first-order valence-corrected chi connectivity index (χ1v) is 7.62. The summed E-state index contributed by atoms with van der Waals surface area (Å²) in [7, 11) is 0. The number of hydrogen-bond donors (Lipinski definition) is 1. The molecule has 0 amide bonds. The topological polar surface area (TPSA) is 29.3 Å². The highest BCUT2D eigenvalue weighted by molar-refractivity contribution is 5.27. The molecule has 2 aromatic carbocycles. The van der Waals surface area contributed by atoms with Crippen LogP contribution in [0, 0.1) is 0 Å². The molecule has 122 valence electrons. The van der Waals surface area contributed by atoms with Crippen LogP contribution < -0.4 is 5.73 Å². The van der Waals surface area contributed by atoms with Gasteiger partial charge in [-0.1, -0.05) is 48.5 Å². The Morgan fingerprint density at radius 2 is 1.74 bits per heavy atom. The summed E-state index contributed by atoms with van der Waals surface area (Å²) in [6.45, 7) is 1.94. The quantitative estimate of drug-likeness (QED) is 0.936. The SMILES string of the molecule is N[C@@H]1CN(Cc2cccc(C(F)(F)F)c2)C[C@H]1c1ccccc1. The van der Waals surface area contributed by atoms with Gasteiger partial charge in [0.05, 0.1) is 5.56 Å². The van der Waals surface area contributed by atoms with Crippen molar-refractivity contribution >= 4 is 0 Å². The van der Waals surface area contributed by atoms with Crippen LogP contribution in [-0.2, 0) is 12.7 Å². The molecule has 23 heavy (non-hydrogen) atoms. The molecule has 1 aliphatic rings. The van der Waals surface area contributed by atoms with E-state index in [0.29, 0.717) is 18.7 Å². The second kappa shape index (κ2) is 6.34. The molecule has 5 heteroatoms.